The smallest absolute Gasteiger partial charge is 0.185 e. The molecule has 0 aromatic carbocycles. The summed E-state index contributed by atoms with van der Waals surface area (Å²) in [6.07, 6.45) is 5.17. The van der Waals surface area contributed by atoms with Gasteiger partial charge in [0.1, 0.15) is 5.69 Å². The molecule has 0 amide bonds. The minimum atomic E-state index is 0.268. The van der Waals surface area contributed by atoms with E-state index in [1.165, 1.54) is 18.4 Å². The van der Waals surface area contributed by atoms with Crippen LogP contribution in [-0.4, -0.2) is 10.8 Å². The molecular weight excluding hydrogens is 162 g/mol. The lowest BCUT2D eigenvalue weighted by atomic mass is 9.96. The molecule has 3 rings (SSSR count). The quantitative estimate of drug-likeness (QED) is 0.601. The fraction of sp³-hybridized carbons (Fsp3) is 0.455. The number of carbonyl (C=O) groups is 1. The Labute approximate surface area is 77.0 Å². The first-order valence-corrected chi connectivity index (χ1v) is 4.87. The maximum Gasteiger partial charge on any atom is 0.185 e. The molecule has 2 atom stereocenters. The molecule has 0 aliphatic heterocycles. The molecule has 2 aliphatic rings. The second-order valence-electron chi connectivity index (χ2n) is 3.95. The second kappa shape index (κ2) is 2.41. The highest BCUT2D eigenvalue weighted by atomic mass is 16.1. The predicted octanol–water partition coefficient (Wildman–Crippen LogP) is 2.16. The number of hydrogen-bond donors (Lipinski definition) is 0. The summed E-state index contributed by atoms with van der Waals surface area (Å²) in [4.78, 5) is 16.0. The molecule has 0 N–H and O–H groups in total. The van der Waals surface area contributed by atoms with E-state index in [1.54, 1.807) is 6.20 Å². The Bertz CT molecular complexity index is 372. The predicted molar refractivity (Wildman–Crippen MR) is 48.6 cm³/mol. The molecule has 1 aromatic rings. The summed E-state index contributed by atoms with van der Waals surface area (Å²) in [5, 5.41) is 0. The molecule has 0 saturated heterocycles. The fourth-order valence-corrected chi connectivity index (χ4v) is 2.74. The molecule has 1 aromatic heterocycles. The zero-order valence-corrected chi connectivity index (χ0v) is 7.36. The lowest BCUT2D eigenvalue weighted by Crippen LogP contribution is -2.07. The van der Waals surface area contributed by atoms with E-state index in [1.807, 2.05) is 6.07 Å². The molecular formula is C11H11NO. The summed E-state index contributed by atoms with van der Waals surface area (Å²) in [5.41, 5.74) is 1.95. The molecule has 0 bridgehead atoms. The third kappa shape index (κ3) is 0.831. The van der Waals surface area contributed by atoms with Crippen LogP contribution in [0.5, 0.6) is 0 Å². The van der Waals surface area contributed by atoms with E-state index >= 15 is 0 Å². The highest BCUT2D eigenvalue weighted by Gasteiger charge is 2.42. The van der Waals surface area contributed by atoms with Gasteiger partial charge in [-0.2, -0.15) is 0 Å². The average molecular weight is 173 g/mol. The number of hydrogen-bond acceptors (Lipinski definition) is 2. The standard InChI is InChI=1S/C11H11NO/c13-11-9-4-1-3-7(9)8-5-2-6-12-10(8)11/h2,5-7,9H,1,3-4H2. The van der Waals surface area contributed by atoms with Crippen LogP contribution in [0.2, 0.25) is 0 Å². The molecule has 2 heteroatoms. The highest BCUT2D eigenvalue weighted by molar-refractivity contribution is 6.01. The van der Waals surface area contributed by atoms with E-state index in [-0.39, 0.29) is 11.7 Å². The van der Waals surface area contributed by atoms with Gasteiger partial charge in [0, 0.05) is 12.1 Å². The van der Waals surface area contributed by atoms with Crippen LogP contribution in [0.15, 0.2) is 18.3 Å². The Morgan fingerprint density at radius 2 is 2.15 bits per heavy atom. The molecule has 0 spiro atoms. The van der Waals surface area contributed by atoms with Crippen molar-refractivity contribution in [3.63, 3.8) is 0 Å². The van der Waals surface area contributed by atoms with Gasteiger partial charge in [-0.25, -0.2) is 0 Å². The van der Waals surface area contributed by atoms with E-state index in [0.717, 1.165) is 12.1 Å². The zero-order chi connectivity index (χ0) is 8.84. The Balaban J connectivity index is 2.19. The van der Waals surface area contributed by atoms with Crippen molar-refractivity contribution in [3.8, 4) is 0 Å². The number of pyridine rings is 1. The molecule has 13 heavy (non-hydrogen) atoms. The summed E-state index contributed by atoms with van der Waals surface area (Å²) < 4.78 is 0. The van der Waals surface area contributed by atoms with E-state index in [4.69, 9.17) is 0 Å². The van der Waals surface area contributed by atoms with E-state index in [0.29, 0.717) is 5.92 Å². The summed E-state index contributed by atoms with van der Waals surface area (Å²) in [5.74, 6) is 1.05. The maximum absolute atomic E-state index is 11.8. The fourth-order valence-electron chi connectivity index (χ4n) is 2.74. The van der Waals surface area contributed by atoms with Gasteiger partial charge in [-0.05, 0) is 30.4 Å². The lowest BCUT2D eigenvalue weighted by Gasteiger charge is -2.06. The molecule has 0 radical (unpaired) electrons. The molecule has 2 aliphatic carbocycles. The minimum Gasteiger partial charge on any atom is -0.292 e. The normalized spacial score (nSPS) is 30.3. The van der Waals surface area contributed by atoms with E-state index in [9.17, 15) is 4.79 Å². The zero-order valence-electron chi connectivity index (χ0n) is 7.36. The van der Waals surface area contributed by atoms with Crippen molar-refractivity contribution in [3.05, 3.63) is 29.6 Å². The van der Waals surface area contributed by atoms with Gasteiger partial charge in [-0.3, -0.25) is 9.78 Å². The van der Waals surface area contributed by atoms with Crippen molar-refractivity contribution >= 4 is 5.78 Å². The number of Topliss-reactive ketones (excluding diaryl/α,β-unsaturated/α-hetero) is 1. The van der Waals surface area contributed by atoms with Gasteiger partial charge in [-0.1, -0.05) is 12.5 Å². The molecule has 2 nitrogen and oxygen atoms in total. The number of carbonyl (C=O) groups excluding carboxylic acids is 1. The first-order chi connectivity index (χ1) is 6.38. The largest absolute Gasteiger partial charge is 0.292 e. The molecule has 2 unspecified atom stereocenters. The molecule has 1 heterocycles. The summed E-state index contributed by atoms with van der Waals surface area (Å²) in [7, 11) is 0. The van der Waals surface area contributed by atoms with Crippen LogP contribution in [0.1, 0.15) is 41.2 Å². The van der Waals surface area contributed by atoms with E-state index in [2.05, 4.69) is 11.1 Å². The van der Waals surface area contributed by atoms with Gasteiger partial charge in [0.15, 0.2) is 5.78 Å². The van der Waals surface area contributed by atoms with Crippen molar-refractivity contribution in [1.82, 2.24) is 4.98 Å². The van der Waals surface area contributed by atoms with Gasteiger partial charge in [0.05, 0.1) is 0 Å². The maximum atomic E-state index is 11.8. The summed E-state index contributed by atoms with van der Waals surface area (Å²) in [6, 6.07) is 4.00. The Kier molecular flexibility index (Phi) is 1.34. The minimum absolute atomic E-state index is 0.268. The summed E-state index contributed by atoms with van der Waals surface area (Å²) >= 11 is 0. The Hall–Kier alpha value is -1.18. The second-order valence-corrected chi connectivity index (χ2v) is 3.95. The third-order valence-corrected chi connectivity index (χ3v) is 3.32. The van der Waals surface area contributed by atoms with Crippen molar-refractivity contribution in [1.29, 1.82) is 0 Å². The molecule has 1 saturated carbocycles. The molecule has 1 fully saturated rings. The number of nitrogens with zero attached hydrogens (tertiary/aromatic N) is 1. The monoisotopic (exact) mass is 173 g/mol. The Morgan fingerprint density at radius 3 is 3.08 bits per heavy atom. The van der Waals surface area contributed by atoms with Crippen molar-refractivity contribution < 1.29 is 4.79 Å². The van der Waals surface area contributed by atoms with Crippen LogP contribution < -0.4 is 0 Å². The van der Waals surface area contributed by atoms with Crippen LogP contribution >= 0.6 is 0 Å². The average Bonchev–Trinajstić information content (AvgIpc) is 2.72. The summed E-state index contributed by atoms with van der Waals surface area (Å²) in [6.45, 7) is 0. The van der Waals surface area contributed by atoms with Crippen LogP contribution in [0.25, 0.3) is 0 Å². The number of rotatable bonds is 0. The highest BCUT2D eigenvalue weighted by Crippen LogP contribution is 2.47. The van der Waals surface area contributed by atoms with E-state index < -0.39 is 0 Å². The SMILES string of the molecule is O=C1c2ncccc2C2CCCC12. The third-order valence-electron chi connectivity index (χ3n) is 3.32. The first-order valence-electron chi connectivity index (χ1n) is 4.87. The Morgan fingerprint density at radius 1 is 1.31 bits per heavy atom. The van der Waals surface area contributed by atoms with Crippen LogP contribution in [-0.2, 0) is 0 Å². The molecule has 66 valence electrons. The van der Waals surface area contributed by atoms with Gasteiger partial charge < -0.3 is 0 Å². The van der Waals surface area contributed by atoms with Crippen molar-refractivity contribution in [2.24, 2.45) is 5.92 Å². The number of fused-ring (bicyclic) bond motifs is 3. The van der Waals surface area contributed by atoms with Gasteiger partial charge in [-0.15, -0.1) is 0 Å². The lowest BCUT2D eigenvalue weighted by molar-refractivity contribution is 0.0928. The number of aromatic nitrogens is 1. The van der Waals surface area contributed by atoms with Crippen LogP contribution in [0, 0.1) is 5.92 Å². The van der Waals surface area contributed by atoms with Gasteiger partial charge in [0.2, 0.25) is 0 Å². The van der Waals surface area contributed by atoms with Crippen LogP contribution in [0.3, 0.4) is 0 Å². The van der Waals surface area contributed by atoms with Crippen LogP contribution in [0.4, 0.5) is 0 Å². The number of ketones is 1. The van der Waals surface area contributed by atoms with Gasteiger partial charge in [0.25, 0.3) is 0 Å². The van der Waals surface area contributed by atoms with Crippen molar-refractivity contribution in [2.75, 3.05) is 0 Å². The van der Waals surface area contributed by atoms with Crippen molar-refractivity contribution in [2.45, 2.75) is 25.2 Å². The topological polar surface area (TPSA) is 30.0 Å². The van der Waals surface area contributed by atoms with Gasteiger partial charge >= 0.3 is 0 Å². The first kappa shape index (κ1) is 7.25.